The summed E-state index contributed by atoms with van der Waals surface area (Å²) in [6.07, 6.45) is 0.408. The monoisotopic (exact) mass is 538 g/mol. The molecule has 0 spiro atoms. The summed E-state index contributed by atoms with van der Waals surface area (Å²) in [5.74, 6) is 0.0127. The highest BCUT2D eigenvalue weighted by molar-refractivity contribution is 6.10. The maximum Gasteiger partial charge on any atom is 0.333 e. The van der Waals surface area contributed by atoms with E-state index in [2.05, 4.69) is 18.5 Å². The van der Waals surface area contributed by atoms with Crippen LogP contribution in [-0.2, 0) is 35.0 Å². The summed E-state index contributed by atoms with van der Waals surface area (Å²) in [4.78, 5) is 39.0. The van der Waals surface area contributed by atoms with Crippen molar-refractivity contribution in [1.82, 2.24) is 0 Å². The molecule has 0 fully saturated rings. The first kappa shape index (κ1) is 29.2. The highest BCUT2D eigenvalue weighted by atomic mass is 16.7. The number of nitrogens with one attached hydrogen (secondary N) is 1. The topological polar surface area (TPSA) is 113 Å². The molecule has 39 heavy (non-hydrogen) atoms. The number of anilines is 2. The maximum absolute atomic E-state index is 12.9. The molecular weight excluding hydrogens is 504 g/mol. The molecule has 1 aliphatic heterocycles. The van der Waals surface area contributed by atoms with E-state index in [1.807, 2.05) is 24.3 Å². The van der Waals surface area contributed by atoms with Crippen LogP contribution in [0.5, 0.6) is 11.5 Å². The Morgan fingerprint density at radius 1 is 0.949 bits per heavy atom. The Labute approximate surface area is 228 Å². The van der Waals surface area contributed by atoms with Crippen molar-refractivity contribution in [3.63, 3.8) is 0 Å². The van der Waals surface area contributed by atoms with Crippen molar-refractivity contribution in [2.45, 2.75) is 26.7 Å². The molecule has 10 nitrogen and oxygen atoms in total. The number of allylic oxidation sites excluding steroid dienone is 1. The standard InChI is InChI=1S/C29H34N2O8/c1-20(2)29(34)38-16-15-37-26-10-9-23(36-14-13-35-19-39-21(3)4)17-24(26)30-27(32)18-28(33)31-12-11-22-7-5-6-8-25(22)31/h5-10,17H,1,3,11-16,18-19H2,2,4H3,(H,30,32). The van der Waals surface area contributed by atoms with Crippen LogP contribution in [0.3, 0.4) is 0 Å². The molecule has 0 radical (unpaired) electrons. The average molecular weight is 539 g/mol. The normalized spacial score (nSPS) is 11.8. The van der Waals surface area contributed by atoms with Gasteiger partial charge in [0.15, 0.2) is 6.79 Å². The van der Waals surface area contributed by atoms with Gasteiger partial charge in [-0.05, 0) is 44.0 Å². The van der Waals surface area contributed by atoms with E-state index in [9.17, 15) is 14.4 Å². The van der Waals surface area contributed by atoms with Crippen molar-refractivity contribution in [2.24, 2.45) is 0 Å². The second-order valence-corrected chi connectivity index (χ2v) is 8.79. The molecule has 1 aliphatic rings. The predicted octanol–water partition coefficient (Wildman–Crippen LogP) is 4.01. The van der Waals surface area contributed by atoms with E-state index in [-0.39, 0.29) is 51.1 Å². The zero-order valence-corrected chi connectivity index (χ0v) is 22.3. The minimum absolute atomic E-state index is 0.00617. The van der Waals surface area contributed by atoms with Crippen molar-refractivity contribution >= 4 is 29.2 Å². The van der Waals surface area contributed by atoms with Crippen LogP contribution in [0.2, 0.25) is 0 Å². The molecule has 10 heteroatoms. The van der Waals surface area contributed by atoms with Crippen LogP contribution in [-0.4, -0.2) is 57.5 Å². The number of rotatable bonds is 15. The van der Waals surface area contributed by atoms with Crippen molar-refractivity contribution in [3.05, 3.63) is 72.5 Å². The molecule has 3 rings (SSSR count). The number of nitrogens with zero attached hydrogens (tertiary/aromatic N) is 1. The summed E-state index contributed by atoms with van der Waals surface area (Å²) in [5, 5.41) is 2.75. The Hall–Kier alpha value is -4.31. The van der Waals surface area contributed by atoms with Crippen LogP contribution in [0.4, 0.5) is 11.4 Å². The molecule has 1 N–H and O–H groups in total. The zero-order chi connectivity index (χ0) is 28.2. The van der Waals surface area contributed by atoms with Gasteiger partial charge in [-0.25, -0.2) is 4.79 Å². The lowest BCUT2D eigenvalue weighted by Crippen LogP contribution is -2.32. The summed E-state index contributed by atoms with van der Waals surface area (Å²) in [6, 6.07) is 12.5. The highest BCUT2D eigenvalue weighted by Crippen LogP contribution is 2.31. The Morgan fingerprint density at radius 2 is 1.72 bits per heavy atom. The lowest BCUT2D eigenvalue weighted by molar-refractivity contribution is -0.139. The Bertz CT molecular complexity index is 1210. The van der Waals surface area contributed by atoms with Crippen LogP contribution < -0.4 is 19.7 Å². The maximum atomic E-state index is 12.9. The second-order valence-electron chi connectivity index (χ2n) is 8.79. The van der Waals surface area contributed by atoms with Crippen LogP contribution in [0.15, 0.2) is 67.0 Å². The fraction of sp³-hybridized carbons (Fsp3) is 0.345. The zero-order valence-electron chi connectivity index (χ0n) is 22.3. The number of para-hydroxylation sites is 1. The number of carbonyl (C=O) groups excluding carboxylic acids is 3. The summed E-state index contributed by atoms with van der Waals surface area (Å²) in [5.41, 5.74) is 2.50. The summed E-state index contributed by atoms with van der Waals surface area (Å²) >= 11 is 0. The van der Waals surface area contributed by atoms with Crippen molar-refractivity contribution < 1.29 is 38.1 Å². The average Bonchev–Trinajstić information content (AvgIpc) is 3.33. The van der Waals surface area contributed by atoms with Crippen molar-refractivity contribution in [1.29, 1.82) is 0 Å². The molecule has 2 aromatic rings. The minimum Gasteiger partial charge on any atom is -0.491 e. The van der Waals surface area contributed by atoms with Crippen LogP contribution in [0.25, 0.3) is 0 Å². The van der Waals surface area contributed by atoms with E-state index in [1.54, 1.807) is 36.9 Å². The van der Waals surface area contributed by atoms with E-state index in [4.69, 9.17) is 23.7 Å². The third-order valence-electron chi connectivity index (χ3n) is 5.53. The number of benzene rings is 2. The third-order valence-corrected chi connectivity index (χ3v) is 5.53. The van der Waals surface area contributed by atoms with Gasteiger partial charge in [-0.3, -0.25) is 9.59 Å². The fourth-order valence-electron chi connectivity index (χ4n) is 3.68. The van der Waals surface area contributed by atoms with Gasteiger partial charge in [0, 0.05) is 23.9 Å². The Morgan fingerprint density at radius 3 is 2.49 bits per heavy atom. The number of fused-ring (bicyclic) bond motifs is 1. The number of carbonyl (C=O) groups is 3. The quantitative estimate of drug-likeness (QED) is 0.0904. The SMILES string of the molecule is C=C(C)OCOCCOc1ccc(OCCOC(=O)C(=C)C)c(NC(=O)CC(=O)N2CCc3ccccc32)c1. The molecule has 0 aliphatic carbocycles. The van der Waals surface area contributed by atoms with Gasteiger partial charge in [0.2, 0.25) is 11.8 Å². The van der Waals surface area contributed by atoms with Gasteiger partial charge in [-0.1, -0.05) is 31.4 Å². The molecule has 0 unspecified atom stereocenters. The van der Waals surface area contributed by atoms with E-state index < -0.39 is 11.9 Å². The fourth-order valence-corrected chi connectivity index (χ4v) is 3.68. The van der Waals surface area contributed by atoms with Gasteiger partial charge in [0.1, 0.15) is 37.7 Å². The molecule has 1 heterocycles. The van der Waals surface area contributed by atoms with Gasteiger partial charge in [0.05, 0.1) is 18.1 Å². The molecular formula is C29H34N2O8. The van der Waals surface area contributed by atoms with Crippen molar-refractivity contribution in [2.75, 3.05) is 50.0 Å². The minimum atomic E-state index is -0.520. The molecule has 2 aromatic carbocycles. The molecule has 0 saturated heterocycles. The van der Waals surface area contributed by atoms with E-state index in [0.717, 1.165) is 17.7 Å². The first-order valence-corrected chi connectivity index (χ1v) is 12.5. The number of hydrogen-bond donors (Lipinski definition) is 1. The molecule has 0 atom stereocenters. The van der Waals surface area contributed by atoms with Crippen LogP contribution >= 0.6 is 0 Å². The lowest BCUT2D eigenvalue weighted by Gasteiger charge is -2.18. The molecule has 0 aromatic heterocycles. The smallest absolute Gasteiger partial charge is 0.333 e. The third kappa shape index (κ3) is 9.19. The molecule has 2 amide bonds. The Kier molecular flexibility index (Phi) is 10.9. The predicted molar refractivity (Wildman–Crippen MR) is 146 cm³/mol. The van der Waals surface area contributed by atoms with E-state index >= 15 is 0 Å². The number of ether oxygens (including phenoxy) is 5. The Balaban J connectivity index is 1.61. The van der Waals surface area contributed by atoms with Gasteiger partial charge in [-0.2, -0.15) is 0 Å². The molecule has 0 saturated carbocycles. The van der Waals surface area contributed by atoms with E-state index in [0.29, 0.717) is 29.5 Å². The van der Waals surface area contributed by atoms with Gasteiger partial charge < -0.3 is 33.9 Å². The molecule has 0 bridgehead atoms. The van der Waals surface area contributed by atoms with E-state index in [1.165, 1.54) is 0 Å². The number of amides is 2. The van der Waals surface area contributed by atoms with Gasteiger partial charge in [-0.15, -0.1) is 0 Å². The van der Waals surface area contributed by atoms with Crippen LogP contribution in [0, 0.1) is 0 Å². The lowest BCUT2D eigenvalue weighted by atomic mass is 10.2. The van der Waals surface area contributed by atoms with Crippen molar-refractivity contribution in [3.8, 4) is 11.5 Å². The first-order chi connectivity index (χ1) is 18.7. The number of hydrogen-bond acceptors (Lipinski definition) is 8. The summed E-state index contributed by atoms with van der Waals surface area (Å²) < 4.78 is 26.9. The van der Waals surface area contributed by atoms with Gasteiger partial charge >= 0.3 is 5.97 Å². The first-order valence-electron chi connectivity index (χ1n) is 12.5. The summed E-state index contributed by atoms with van der Waals surface area (Å²) in [6.45, 7) is 11.6. The summed E-state index contributed by atoms with van der Waals surface area (Å²) in [7, 11) is 0. The van der Waals surface area contributed by atoms with Gasteiger partial charge in [0.25, 0.3) is 0 Å². The second kappa shape index (κ2) is 14.6. The van der Waals surface area contributed by atoms with Crippen LogP contribution in [0.1, 0.15) is 25.8 Å². The highest BCUT2D eigenvalue weighted by Gasteiger charge is 2.26. The largest absolute Gasteiger partial charge is 0.491 e. The molecule has 208 valence electrons. The number of esters is 1.